The second kappa shape index (κ2) is 8.01. The lowest BCUT2D eigenvalue weighted by Crippen LogP contribution is -1.92. The fourth-order valence-corrected chi connectivity index (χ4v) is 3.19. The van der Waals surface area contributed by atoms with Crippen LogP contribution in [0.15, 0.2) is 72.8 Å². The van der Waals surface area contributed by atoms with Crippen molar-refractivity contribution < 1.29 is 0 Å². The number of aryl methyl sites for hydroxylation is 1. The molecular formula is C26H26. The highest BCUT2D eigenvalue weighted by atomic mass is 14.1. The van der Waals surface area contributed by atoms with Crippen molar-refractivity contribution in [3.63, 3.8) is 0 Å². The molecule has 0 aliphatic heterocycles. The van der Waals surface area contributed by atoms with Gasteiger partial charge in [-0.3, -0.25) is 0 Å². The van der Waals surface area contributed by atoms with Gasteiger partial charge in [0.05, 0.1) is 0 Å². The molecule has 3 aromatic carbocycles. The van der Waals surface area contributed by atoms with Crippen LogP contribution < -0.4 is 0 Å². The zero-order valence-electron chi connectivity index (χ0n) is 16.1. The Bertz CT molecular complexity index is 942. The Kier molecular flexibility index (Phi) is 5.53. The summed E-state index contributed by atoms with van der Waals surface area (Å²) in [4.78, 5) is 0. The molecule has 0 unspecified atom stereocenters. The molecule has 0 bridgehead atoms. The summed E-state index contributed by atoms with van der Waals surface area (Å²) in [5, 5.41) is 0. The van der Waals surface area contributed by atoms with Crippen molar-refractivity contribution in [3.8, 4) is 0 Å². The van der Waals surface area contributed by atoms with Gasteiger partial charge in [-0.05, 0) is 72.2 Å². The van der Waals surface area contributed by atoms with Crippen molar-refractivity contribution in [1.29, 1.82) is 0 Å². The Balaban J connectivity index is 2.09. The smallest absolute Gasteiger partial charge is 0.0149 e. The van der Waals surface area contributed by atoms with Crippen LogP contribution in [-0.4, -0.2) is 0 Å². The van der Waals surface area contributed by atoms with Crippen molar-refractivity contribution in [2.75, 3.05) is 0 Å². The zero-order chi connectivity index (χ0) is 18.5. The molecule has 0 heteroatoms. The van der Waals surface area contributed by atoms with Crippen LogP contribution in [0.3, 0.4) is 0 Å². The number of allylic oxidation sites excluding steroid dienone is 2. The van der Waals surface area contributed by atoms with Gasteiger partial charge in [0.15, 0.2) is 0 Å². The van der Waals surface area contributed by atoms with E-state index in [0.717, 1.165) is 0 Å². The van der Waals surface area contributed by atoms with E-state index in [1.165, 1.54) is 44.5 Å². The highest BCUT2D eigenvalue weighted by Crippen LogP contribution is 2.28. The van der Waals surface area contributed by atoms with E-state index in [2.05, 4.69) is 113 Å². The summed E-state index contributed by atoms with van der Waals surface area (Å²) in [7, 11) is 0. The first kappa shape index (κ1) is 17.9. The van der Waals surface area contributed by atoms with Crippen LogP contribution in [0, 0.1) is 13.8 Å². The lowest BCUT2D eigenvalue weighted by Gasteiger charge is -2.12. The molecule has 0 nitrogen and oxygen atoms in total. The van der Waals surface area contributed by atoms with Gasteiger partial charge in [-0.1, -0.05) is 84.9 Å². The maximum atomic E-state index is 2.32. The van der Waals surface area contributed by atoms with E-state index < -0.39 is 0 Å². The van der Waals surface area contributed by atoms with Gasteiger partial charge in [0, 0.05) is 0 Å². The molecule has 0 N–H and O–H groups in total. The van der Waals surface area contributed by atoms with Crippen molar-refractivity contribution in [3.05, 3.63) is 106 Å². The predicted octanol–water partition coefficient (Wildman–Crippen LogP) is 7.42. The second-order valence-corrected chi connectivity index (χ2v) is 6.90. The van der Waals surface area contributed by atoms with Crippen molar-refractivity contribution >= 4 is 23.3 Å². The van der Waals surface area contributed by atoms with Crippen LogP contribution in [0.1, 0.15) is 47.2 Å². The highest BCUT2D eigenvalue weighted by Gasteiger charge is 2.07. The monoisotopic (exact) mass is 338 g/mol. The Hall–Kier alpha value is -2.86. The van der Waals surface area contributed by atoms with Gasteiger partial charge >= 0.3 is 0 Å². The Morgan fingerprint density at radius 2 is 1.12 bits per heavy atom. The summed E-state index contributed by atoms with van der Waals surface area (Å²) >= 11 is 0. The van der Waals surface area contributed by atoms with Crippen molar-refractivity contribution in [2.24, 2.45) is 0 Å². The van der Waals surface area contributed by atoms with E-state index in [4.69, 9.17) is 0 Å². The van der Waals surface area contributed by atoms with E-state index in [0.29, 0.717) is 0 Å². The highest BCUT2D eigenvalue weighted by molar-refractivity contribution is 5.88. The number of benzene rings is 3. The molecule has 3 aromatic rings. The van der Waals surface area contributed by atoms with E-state index >= 15 is 0 Å². The first-order valence-electron chi connectivity index (χ1n) is 9.14. The zero-order valence-corrected chi connectivity index (χ0v) is 16.1. The number of hydrogen-bond acceptors (Lipinski definition) is 0. The van der Waals surface area contributed by atoms with Crippen LogP contribution in [-0.2, 0) is 0 Å². The summed E-state index contributed by atoms with van der Waals surface area (Å²) in [5.74, 6) is 0. The molecule has 0 atom stereocenters. The first-order chi connectivity index (χ1) is 12.6. The van der Waals surface area contributed by atoms with Gasteiger partial charge in [0.2, 0.25) is 0 Å². The predicted molar refractivity (Wildman–Crippen MR) is 116 cm³/mol. The third-order valence-electron chi connectivity index (χ3n) is 5.01. The van der Waals surface area contributed by atoms with Gasteiger partial charge in [-0.15, -0.1) is 0 Å². The molecule has 0 saturated carbocycles. The minimum absolute atomic E-state index is 1.26. The fraction of sp³-hybridized carbons (Fsp3) is 0.154. The molecule has 0 spiro atoms. The first-order valence-corrected chi connectivity index (χ1v) is 9.14. The molecule has 3 rings (SSSR count). The maximum Gasteiger partial charge on any atom is -0.0149 e. The third-order valence-corrected chi connectivity index (χ3v) is 5.01. The van der Waals surface area contributed by atoms with Gasteiger partial charge in [-0.25, -0.2) is 0 Å². The van der Waals surface area contributed by atoms with Gasteiger partial charge in [0.1, 0.15) is 0 Å². The molecule has 0 fully saturated rings. The average Bonchev–Trinajstić information content (AvgIpc) is 2.68. The summed E-state index contributed by atoms with van der Waals surface area (Å²) < 4.78 is 0. The lowest BCUT2D eigenvalue weighted by molar-refractivity contribution is 1.31. The fourth-order valence-electron chi connectivity index (χ4n) is 3.19. The van der Waals surface area contributed by atoms with Gasteiger partial charge < -0.3 is 0 Å². The standard InChI is InChI=1S/C26H26/c1-19-15-16-25(17-20(2)23-11-7-5-8-12-23)26(22(19)4)18-21(3)24-13-9-6-10-14-24/h5-18H,1-4H3. The molecule has 26 heavy (non-hydrogen) atoms. The van der Waals surface area contributed by atoms with Crippen molar-refractivity contribution in [2.45, 2.75) is 27.7 Å². The molecular weight excluding hydrogens is 312 g/mol. The molecule has 130 valence electrons. The normalized spacial score (nSPS) is 12.3. The van der Waals surface area contributed by atoms with Crippen LogP contribution in [0.4, 0.5) is 0 Å². The van der Waals surface area contributed by atoms with E-state index in [1.807, 2.05) is 0 Å². The topological polar surface area (TPSA) is 0 Å². The summed E-state index contributed by atoms with van der Waals surface area (Å²) in [6, 6.07) is 25.6. The minimum atomic E-state index is 1.26. The van der Waals surface area contributed by atoms with E-state index in [9.17, 15) is 0 Å². The third kappa shape index (κ3) is 4.03. The Morgan fingerprint density at radius 1 is 0.615 bits per heavy atom. The van der Waals surface area contributed by atoms with Gasteiger partial charge in [-0.2, -0.15) is 0 Å². The Morgan fingerprint density at radius 3 is 1.65 bits per heavy atom. The summed E-state index contributed by atoms with van der Waals surface area (Å²) in [5.41, 5.74) is 10.3. The quantitative estimate of drug-likeness (QED) is 0.434. The summed E-state index contributed by atoms with van der Waals surface area (Å²) in [6.45, 7) is 8.77. The van der Waals surface area contributed by atoms with E-state index in [-0.39, 0.29) is 0 Å². The molecule has 0 aliphatic rings. The number of rotatable bonds is 4. The van der Waals surface area contributed by atoms with Crippen LogP contribution in [0.5, 0.6) is 0 Å². The summed E-state index contributed by atoms with van der Waals surface area (Å²) in [6.07, 6.45) is 4.62. The largest absolute Gasteiger partial charge is 0.0622 e. The van der Waals surface area contributed by atoms with Crippen LogP contribution >= 0.6 is 0 Å². The Labute approximate surface area is 157 Å². The van der Waals surface area contributed by atoms with Gasteiger partial charge in [0.25, 0.3) is 0 Å². The minimum Gasteiger partial charge on any atom is -0.0622 e. The van der Waals surface area contributed by atoms with Crippen LogP contribution in [0.25, 0.3) is 23.3 Å². The average molecular weight is 338 g/mol. The van der Waals surface area contributed by atoms with Crippen molar-refractivity contribution in [1.82, 2.24) is 0 Å². The molecule has 0 amide bonds. The molecule has 0 heterocycles. The SMILES string of the molecule is CC(=Cc1ccc(C)c(C)c1C=C(C)c1ccccc1)c1ccccc1. The molecule has 0 aliphatic carbocycles. The molecule has 0 aromatic heterocycles. The van der Waals surface area contributed by atoms with E-state index in [1.54, 1.807) is 0 Å². The van der Waals surface area contributed by atoms with Crippen LogP contribution in [0.2, 0.25) is 0 Å². The molecule has 0 saturated heterocycles. The molecule has 0 radical (unpaired) electrons. The lowest BCUT2D eigenvalue weighted by atomic mass is 9.92. The number of hydrogen-bond donors (Lipinski definition) is 0. The maximum absolute atomic E-state index is 2.32. The second-order valence-electron chi connectivity index (χ2n) is 6.90.